The Kier molecular flexibility index (Phi) is 5.58. The van der Waals surface area contributed by atoms with Crippen molar-refractivity contribution in [3.63, 3.8) is 0 Å². The second-order valence-corrected chi connectivity index (χ2v) is 7.41. The molecule has 2 aromatic carbocycles. The van der Waals surface area contributed by atoms with Gasteiger partial charge in [-0.1, -0.05) is 48.0 Å². The number of fused-ring (bicyclic) bond motifs is 1. The van der Waals surface area contributed by atoms with Crippen LogP contribution in [0.2, 0.25) is 5.02 Å². The van der Waals surface area contributed by atoms with Gasteiger partial charge in [0.15, 0.2) is 0 Å². The number of benzene rings is 2. The first-order valence-electron chi connectivity index (χ1n) is 9.49. The fraction of sp³-hybridized carbons (Fsp3) is 0.217. The van der Waals surface area contributed by atoms with Crippen LogP contribution in [-0.4, -0.2) is 24.0 Å². The van der Waals surface area contributed by atoms with Crippen molar-refractivity contribution in [3.8, 4) is 0 Å². The summed E-state index contributed by atoms with van der Waals surface area (Å²) in [6.07, 6.45) is 3.45. The Morgan fingerprint density at radius 3 is 2.79 bits per heavy atom. The molecule has 0 radical (unpaired) electrons. The van der Waals surface area contributed by atoms with Crippen LogP contribution in [0.5, 0.6) is 0 Å². The molecule has 0 fully saturated rings. The van der Waals surface area contributed by atoms with Crippen molar-refractivity contribution in [1.82, 2.24) is 10.3 Å². The van der Waals surface area contributed by atoms with E-state index in [9.17, 15) is 4.79 Å². The van der Waals surface area contributed by atoms with Gasteiger partial charge in [-0.3, -0.25) is 9.78 Å². The van der Waals surface area contributed by atoms with E-state index in [2.05, 4.69) is 39.5 Å². The van der Waals surface area contributed by atoms with Crippen LogP contribution in [0.1, 0.15) is 27.2 Å². The third kappa shape index (κ3) is 4.34. The Morgan fingerprint density at radius 2 is 1.93 bits per heavy atom. The first-order valence-corrected chi connectivity index (χ1v) is 9.87. The fourth-order valence-corrected chi connectivity index (χ4v) is 3.77. The maximum Gasteiger partial charge on any atom is 0.269 e. The van der Waals surface area contributed by atoms with Crippen molar-refractivity contribution < 1.29 is 4.79 Å². The Bertz CT molecular complexity index is 989. The van der Waals surface area contributed by atoms with E-state index in [0.29, 0.717) is 17.3 Å². The summed E-state index contributed by atoms with van der Waals surface area (Å²) in [7, 11) is 0. The minimum atomic E-state index is -0.152. The van der Waals surface area contributed by atoms with Crippen LogP contribution in [0.4, 0.5) is 5.69 Å². The van der Waals surface area contributed by atoms with Crippen LogP contribution in [0, 0.1) is 0 Å². The van der Waals surface area contributed by atoms with E-state index in [1.54, 1.807) is 6.20 Å². The number of hydrogen-bond acceptors (Lipinski definition) is 3. The molecular weight excluding hydrogens is 370 g/mol. The van der Waals surface area contributed by atoms with Gasteiger partial charge in [0.05, 0.1) is 0 Å². The zero-order valence-electron chi connectivity index (χ0n) is 15.6. The van der Waals surface area contributed by atoms with Gasteiger partial charge >= 0.3 is 0 Å². The van der Waals surface area contributed by atoms with Gasteiger partial charge in [0.2, 0.25) is 0 Å². The Balaban J connectivity index is 1.39. The zero-order chi connectivity index (χ0) is 19.3. The lowest BCUT2D eigenvalue weighted by atomic mass is 9.99. The van der Waals surface area contributed by atoms with Crippen LogP contribution in [-0.2, 0) is 19.4 Å². The minimum Gasteiger partial charge on any atom is -0.367 e. The number of carbonyl (C=O) groups excluding carboxylic acids is 1. The number of nitrogens with zero attached hydrogens (tertiary/aromatic N) is 2. The van der Waals surface area contributed by atoms with Crippen molar-refractivity contribution in [1.29, 1.82) is 0 Å². The zero-order valence-corrected chi connectivity index (χ0v) is 16.3. The molecule has 2 heterocycles. The predicted octanol–water partition coefficient (Wildman–Crippen LogP) is 4.27. The van der Waals surface area contributed by atoms with E-state index < -0.39 is 0 Å². The van der Waals surface area contributed by atoms with E-state index in [1.807, 2.05) is 36.4 Å². The summed E-state index contributed by atoms with van der Waals surface area (Å²) in [4.78, 5) is 19.1. The van der Waals surface area contributed by atoms with Crippen molar-refractivity contribution >= 4 is 23.2 Å². The minimum absolute atomic E-state index is 0.152. The largest absolute Gasteiger partial charge is 0.367 e. The van der Waals surface area contributed by atoms with Gasteiger partial charge < -0.3 is 10.2 Å². The number of anilines is 1. The molecule has 0 atom stereocenters. The van der Waals surface area contributed by atoms with Crippen LogP contribution >= 0.6 is 11.6 Å². The molecule has 0 aliphatic carbocycles. The summed E-state index contributed by atoms with van der Waals surface area (Å²) in [6, 6.07) is 20.1. The standard InChI is InChI=1S/C23H22ClN3O/c24-20-7-3-4-17(14-20)8-11-26-23(28)22-15-21(9-12-25-22)27-13-10-18-5-1-2-6-19(18)16-27/h1-7,9,12,14-15H,8,10-11,13,16H2,(H,26,28). The lowest BCUT2D eigenvalue weighted by Gasteiger charge is -2.30. The van der Waals surface area contributed by atoms with E-state index in [1.165, 1.54) is 11.1 Å². The number of aromatic nitrogens is 1. The number of hydrogen-bond donors (Lipinski definition) is 1. The molecule has 0 saturated carbocycles. The molecule has 1 aliphatic heterocycles. The molecule has 0 spiro atoms. The summed E-state index contributed by atoms with van der Waals surface area (Å²) >= 11 is 6.00. The molecule has 1 aliphatic rings. The first-order chi connectivity index (χ1) is 13.7. The normalized spacial score (nSPS) is 13.1. The van der Waals surface area contributed by atoms with E-state index in [4.69, 9.17) is 11.6 Å². The Hall–Kier alpha value is -2.85. The summed E-state index contributed by atoms with van der Waals surface area (Å²) < 4.78 is 0. The van der Waals surface area contributed by atoms with Crippen molar-refractivity contribution in [2.45, 2.75) is 19.4 Å². The van der Waals surface area contributed by atoms with E-state index in [-0.39, 0.29) is 5.91 Å². The molecule has 0 bridgehead atoms. The second-order valence-electron chi connectivity index (χ2n) is 6.98. The molecule has 4 nitrogen and oxygen atoms in total. The van der Waals surface area contributed by atoms with Crippen LogP contribution in [0.15, 0.2) is 66.9 Å². The Morgan fingerprint density at radius 1 is 1.07 bits per heavy atom. The topological polar surface area (TPSA) is 45.2 Å². The van der Waals surface area contributed by atoms with Crippen LogP contribution in [0.3, 0.4) is 0 Å². The highest BCUT2D eigenvalue weighted by Crippen LogP contribution is 2.24. The van der Waals surface area contributed by atoms with E-state index in [0.717, 1.165) is 37.2 Å². The van der Waals surface area contributed by atoms with Gasteiger partial charge in [-0.2, -0.15) is 0 Å². The smallest absolute Gasteiger partial charge is 0.269 e. The van der Waals surface area contributed by atoms with Gasteiger partial charge in [0.25, 0.3) is 5.91 Å². The highest BCUT2D eigenvalue weighted by Gasteiger charge is 2.17. The van der Waals surface area contributed by atoms with Gasteiger partial charge in [-0.05, 0) is 53.8 Å². The molecular formula is C23H22ClN3O. The molecule has 28 heavy (non-hydrogen) atoms. The molecule has 1 N–H and O–H groups in total. The van der Waals surface area contributed by atoms with Crippen molar-refractivity contribution in [3.05, 3.63) is 94.3 Å². The first kappa shape index (κ1) is 18.5. The van der Waals surface area contributed by atoms with Gasteiger partial charge in [-0.15, -0.1) is 0 Å². The molecule has 1 aromatic heterocycles. The molecule has 5 heteroatoms. The molecule has 0 unspecified atom stereocenters. The summed E-state index contributed by atoms with van der Waals surface area (Å²) in [5.74, 6) is -0.152. The van der Waals surface area contributed by atoms with Crippen molar-refractivity contribution in [2.75, 3.05) is 18.0 Å². The van der Waals surface area contributed by atoms with Crippen LogP contribution < -0.4 is 10.2 Å². The summed E-state index contributed by atoms with van der Waals surface area (Å²) in [5.41, 5.74) is 5.33. The number of halogens is 1. The van der Waals surface area contributed by atoms with Gasteiger partial charge in [0.1, 0.15) is 5.69 Å². The quantitative estimate of drug-likeness (QED) is 0.706. The summed E-state index contributed by atoms with van der Waals surface area (Å²) in [6.45, 7) is 2.34. The maximum atomic E-state index is 12.5. The van der Waals surface area contributed by atoms with Crippen molar-refractivity contribution in [2.24, 2.45) is 0 Å². The number of nitrogens with one attached hydrogen (secondary N) is 1. The van der Waals surface area contributed by atoms with Gasteiger partial charge in [-0.25, -0.2) is 0 Å². The third-order valence-electron chi connectivity index (χ3n) is 5.06. The third-order valence-corrected chi connectivity index (χ3v) is 5.30. The number of amides is 1. The van der Waals surface area contributed by atoms with Crippen LogP contribution in [0.25, 0.3) is 0 Å². The average molecular weight is 392 g/mol. The van der Waals surface area contributed by atoms with E-state index >= 15 is 0 Å². The lowest BCUT2D eigenvalue weighted by molar-refractivity contribution is 0.0949. The second kappa shape index (κ2) is 8.44. The molecule has 4 rings (SSSR count). The maximum absolute atomic E-state index is 12.5. The number of rotatable bonds is 5. The number of carbonyl (C=O) groups is 1. The molecule has 142 valence electrons. The highest BCUT2D eigenvalue weighted by atomic mass is 35.5. The summed E-state index contributed by atoms with van der Waals surface area (Å²) in [5, 5.41) is 3.66. The molecule has 1 amide bonds. The van der Waals surface area contributed by atoms with Gasteiger partial charge in [0, 0.05) is 36.5 Å². The fourth-order valence-electron chi connectivity index (χ4n) is 3.56. The molecule has 0 saturated heterocycles. The highest BCUT2D eigenvalue weighted by molar-refractivity contribution is 6.30. The SMILES string of the molecule is O=C(NCCc1cccc(Cl)c1)c1cc(N2CCc3ccccc3C2)ccn1. The predicted molar refractivity (Wildman–Crippen MR) is 113 cm³/mol. The monoisotopic (exact) mass is 391 g/mol. The number of pyridine rings is 1. The average Bonchev–Trinajstić information content (AvgIpc) is 2.73. The Labute approximate surface area is 170 Å². The molecule has 3 aromatic rings. The lowest BCUT2D eigenvalue weighted by Crippen LogP contribution is -2.31.